The number of halogens is 1. The molecule has 1 heterocycles. The van der Waals surface area contributed by atoms with Crippen molar-refractivity contribution >= 4 is 6.16 Å². The van der Waals surface area contributed by atoms with Gasteiger partial charge in [0.05, 0.1) is 19.3 Å². The van der Waals surface area contributed by atoms with Gasteiger partial charge in [0.2, 0.25) is 0 Å². The number of aryl methyl sites for hydroxylation is 2. The molecule has 0 amide bonds. The average molecular weight is 442 g/mol. The summed E-state index contributed by atoms with van der Waals surface area (Å²) < 4.78 is 25.1. The van der Waals surface area contributed by atoms with Crippen molar-refractivity contribution in [2.45, 2.75) is 70.7 Å². The quantitative estimate of drug-likeness (QED) is 0.569. The minimum atomic E-state index is -0.713. The van der Waals surface area contributed by atoms with Gasteiger partial charge < -0.3 is 14.3 Å². The fraction of sp³-hybridized carbons (Fsp3) is 0.500. The smallest absolute Gasteiger partial charge is 0.427 e. The molecule has 0 bridgehead atoms. The number of ether oxygens (including phenoxy) is 2. The Labute approximate surface area is 189 Å². The molecule has 0 spiro atoms. The van der Waals surface area contributed by atoms with Gasteiger partial charge in [0, 0.05) is 12.5 Å². The van der Waals surface area contributed by atoms with E-state index in [0.717, 1.165) is 30.4 Å². The van der Waals surface area contributed by atoms with Crippen molar-refractivity contribution in [3.05, 3.63) is 70.5 Å². The molecule has 2 atom stereocenters. The lowest BCUT2D eigenvalue weighted by Gasteiger charge is -2.37. The summed E-state index contributed by atoms with van der Waals surface area (Å²) in [5, 5.41) is 1.61. The van der Waals surface area contributed by atoms with Crippen LogP contribution in [-0.2, 0) is 33.8 Å². The Bertz CT molecular complexity index is 938. The number of carbonyl (C=O) groups is 1. The highest BCUT2D eigenvalue weighted by Gasteiger charge is 2.34. The van der Waals surface area contributed by atoms with Crippen LogP contribution in [0.3, 0.4) is 0 Å². The summed E-state index contributed by atoms with van der Waals surface area (Å²) in [7, 11) is 0. The van der Waals surface area contributed by atoms with Crippen LogP contribution in [-0.4, -0.2) is 36.0 Å². The Kier molecular flexibility index (Phi) is 6.82. The molecule has 2 aliphatic rings. The highest BCUT2D eigenvalue weighted by Crippen LogP contribution is 2.32. The van der Waals surface area contributed by atoms with E-state index in [4.69, 9.17) is 14.3 Å². The Morgan fingerprint density at radius 1 is 1.09 bits per heavy atom. The highest BCUT2D eigenvalue weighted by atomic mass is 19.1. The van der Waals surface area contributed by atoms with Crippen LogP contribution in [0.1, 0.15) is 61.8 Å². The van der Waals surface area contributed by atoms with Gasteiger partial charge in [-0.2, -0.15) is 0 Å². The number of benzene rings is 2. The molecule has 2 aromatic rings. The number of rotatable bonds is 5. The van der Waals surface area contributed by atoms with Crippen LogP contribution in [0.5, 0.6) is 0 Å². The van der Waals surface area contributed by atoms with E-state index < -0.39 is 11.8 Å². The maximum absolute atomic E-state index is 13.5. The molecule has 6 heteroatoms. The largest absolute Gasteiger partial charge is 0.528 e. The van der Waals surface area contributed by atoms with Gasteiger partial charge >= 0.3 is 6.16 Å². The molecule has 0 aromatic heterocycles. The second-order valence-electron chi connectivity index (χ2n) is 9.70. The van der Waals surface area contributed by atoms with E-state index >= 15 is 0 Å². The topological polar surface area (TPSA) is 48.0 Å². The summed E-state index contributed by atoms with van der Waals surface area (Å²) in [5.41, 5.74) is 4.41. The lowest BCUT2D eigenvalue weighted by molar-refractivity contribution is -0.179. The van der Waals surface area contributed by atoms with Crippen molar-refractivity contribution in [2.24, 2.45) is 0 Å². The summed E-state index contributed by atoms with van der Waals surface area (Å²) in [5.74, 6) is -0.168. The molecule has 2 unspecified atom stereocenters. The zero-order valence-corrected chi connectivity index (χ0v) is 19.1. The molecule has 0 N–H and O–H groups in total. The number of piperidine rings is 1. The maximum atomic E-state index is 13.5. The van der Waals surface area contributed by atoms with Crippen molar-refractivity contribution in [1.82, 2.24) is 5.06 Å². The van der Waals surface area contributed by atoms with Crippen LogP contribution < -0.4 is 0 Å². The normalized spacial score (nSPS) is 21.2. The van der Waals surface area contributed by atoms with Crippen molar-refractivity contribution in [2.75, 3.05) is 13.1 Å². The van der Waals surface area contributed by atoms with E-state index in [1.54, 1.807) is 25.8 Å². The minimum absolute atomic E-state index is 0.0866. The zero-order chi connectivity index (χ0) is 22.7. The van der Waals surface area contributed by atoms with Crippen molar-refractivity contribution in [3.63, 3.8) is 0 Å². The first-order valence-corrected chi connectivity index (χ1v) is 11.4. The van der Waals surface area contributed by atoms with Crippen LogP contribution >= 0.6 is 0 Å². The van der Waals surface area contributed by atoms with Crippen molar-refractivity contribution in [3.8, 4) is 0 Å². The van der Waals surface area contributed by atoms with Crippen LogP contribution in [0.2, 0.25) is 0 Å². The third kappa shape index (κ3) is 5.87. The average Bonchev–Trinajstić information content (AvgIpc) is 3.19. The molecule has 1 aliphatic carbocycles. The van der Waals surface area contributed by atoms with Gasteiger partial charge in [-0.3, -0.25) is 0 Å². The number of fused-ring (bicyclic) bond motifs is 1. The van der Waals surface area contributed by atoms with Crippen LogP contribution in [0, 0.1) is 5.82 Å². The standard InChI is InChI=1S/C26H32FNO4/c1-26(2,3)31-25(29)32-28-14-13-23(20-9-11-22(27)12-10-20)24(16-28)30-17-18-7-8-19-5-4-6-21(19)15-18/h7-12,15,23-24H,4-6,13-14,16-17H2,1-3H3. The Balaban J connectivity index is 1.45. The molecular formula is C26H32FNO4. The van der Waals surface area contributed by atoms with Crippen LogP contribution in [0.25, 0.3) is 0 Å². The Hall–Kier alpha value is -2.44. The molecule has 172 valence electrons. The summed E-state index contributed by atoms with van der Waals surface area (Å²) >= 11 is 0. The van der Waals surface area contributed by atoms with Crippen LogP contribution in [0.4, 0.5) is 9.18 Å². The molecule has 1 saturated heterocycles. The summed E-state index contributed by atoms with van der Waals surface area (Å²) in [4.78, 5) is 17.6. The van der Waals surface area contributed by atoms with Gasteiger partial charge in [0.1, 0.15) is 11.4 Å². The molecular weight excluding hydrogens is 409 g/mol. The van der Waals surface area contributed by atoms with Gasteiger partial charge in [-0.1, -0.05) is 30.3 Å². The molecule has 32 heavy (non-hydrogen) atoms. The predicted molar refractivity (Wildman–Crippen MR) is 120 cm³/mol. The van der Waals surface area contributed by atoms with Crippen LogP contribution in [0.15, 0.2) is 42.5 Å². The molecule has 1 fully saturated rings. The van der Waals surface area contributed by atoms with E-state index in [1.807, 2.05) is 12.1 Å². The lowest BCUT2D eigenvalue weighted by atomic mass is 9.87. The van der Waals surface area contributed by atoms with Gasteiger partial charge in [-0.25, -0.2) is 9.18 Å². The van der Waals surface area contributed by atoms with Gasteiger partial charge in [0.15, 0.2) is 0 Å². The number of hydroxylamine groups is 2. The number of carbonyl (C=O) groups excluding carboxylic acids is 1. The minimum Gasteiger partial charge on any atom is -0.427 e. The highest BCUT2D eigenvalue weighted by molar-refractivity contribution is 5.60. The molecule has 1 aliphatic heterocycles. The fourth-order valence-electron chi connectivity index (χ4n) is 4.52. The Morgan fingerprint density at radius 2 is 1.84 bits per heavy atom. The fourth-order valence-corrected chi connectivity index (χ4v) is 4.52. The predicted octanol–water partition coefficient (Wildman–Crippen LogP) is 5.56. The number of hydrogen-bond donors (Lipinski definition) is 0. The third-order valence-electron chi connectivity index (χ3n) is 6.04. The van der Waals surface area contributed by atoms with E-state index in [9.17, 15) is 9.18 Å². The zero-order valence-electron chi connectivity index (χ0n) is 19.1. The lowest BCUT2D eigenvalue weighted by Crippen LogP contribution is -2.45. The molecule has 4 rings (SSSR count). The maximum Gasteiger partial charge on any atom is 0.528 e. The van der Waals surface area contributed by atoms with E-state index in [-0.39, 0.29) is 17.8 Å². The second-order valence-corrected chi connectivity index (χ2v) is 9.70. The van der Waals surface area contributed by atoms with E-state index in [0.29, 0.717) is 19.7 Å². The van der Waals surface area contributed by atoms with Gasteiger partial charge in [-0.15, -0.1) is 5.06 Å². The first-order chi connectivity index (χ1) is 15.3. The molecule has 5 nitrogen and oxygen atoms in total. The first kappa shape index (κ1) is 22.7. The van der Waals surface area contributed by atoms with E-state index in [2.05, 4.69) is 18.2 Å². The summed E-state index contributed by atoms with van der Waals surface area (Å²) in [6.45, 7) is 6.87. The summed E-state index contributed by atoms with van der Waals surface area (Å²) in [6.07, 6.45) is 3.31. The van der Waals surface area contributed by atoms with Gasteiger partial charge in [-0.05, 0) is 80.8 Å². The Morgan fingerprint density at radius 3 is 2.59 bits per heavy atom. The first-order valence-electron chi connectivity index (χ1n) is 11.4. The van der Waals surface area contributed by atoms with Crippen molar-refractivity contribution in [1.29, 1.82) is 0 Å². The van der Waals surface area contributed by atoms with Crippen molar-refractivity contribution < 1.29 is 23.5 Å². The molecule has 0 radical (unpaired) electrons. The summed E-state index contributed by atoms with van der Waals surface area (Å²) in [6, 6.07) is 13.2. The monoisotopic (exact) mass is 441 g/mol. The molecule has 0 saturated carbocycles. The third-order valence-corrected chi connectivity index (χ3v) is 6.04. The second kappa shape index (κ2) is 9.59. The molecule has 2 aromatic carbocycles. The van der Waals surface area contributed by atoms with E-state index in [1.165, 1.54) is 29.7 Å². The number of hydrogen-bond acceptors (Lipinski definition) is 5. The van der Waals surface area contributed by atoms with Gasteiger partial charge in [0.25, 0.3) is 0 Å². The number of nitrogens with zero attached hydrogens (tertiary/aromatic N) is 1. The SMILES string of the molecule is CC(C)(C)OC(=O)ON1CCC(c2ccc(F)cc2)C(OCc2ccc3c(c2)CCC3)C1.